The molecule has 0 spiro atoms. The van der Waals surface area contributed by atoms with Crippen molar-refractivity contribution in [3.05, 3.63) is 16.1 Å². The Labute approximate surface area is 139 Å². The predicted octanol–water partition coefficient (Wildman–Crippen LogP) is 1.22. The lowest BCUT2D eigenvalue weighted by molar-refractivity contribution is -0.130. The highest BCUT2D eigenvalue weighted by Gasteiger charge is 2.38. The summed E-state index contributed by atoms with van der Waals surface area (Å²) in [5.74, 6) is -0.539. The minimum Gasteiger partial charge on any atom is -0.356 e. The number of nitrogens with one attached hydrogen (secondary N) is 2. The zero-order chi connectivity index (χ0) is 16.8. The summed E-state index contributed by atoms with van der Waals surface area (Å²) >= 11 is 1.62. The van der Waals surface area contributed by atoms with Gasteiger partial charge in [0.2, 0.25) is 5.91 Å². The Morgan fingerprint density at radius 2 is 2.26 bits per heavy atom. The fourth-order valence-electron chi connectivity index (χ4n) is 2.39. The van der Waals surface area contributed by atoms with Crippen molar-refractivity contribution in [1.29, 1.82) is 0 Å². The second-order valence-corrected chi connectivity index (χ2v) is 6.47. The largest absolute Gasteiger partial charge is 0.356 e. The van der Waals surface area contributed by atoms with Crippen LogP contribution >= 0.6 is 11.3 Å². The van der Waals surface area contributed by atoms with Crippen LogP contribution in [0, 0.1) is 6.92 Å². The van der Waals surface area contributed by atoms with Crippen LogP contribution in [-0.4, -0.2) is 46.9 Å². The van der Waals surface area contributed by atoms with Crippen LogP contribution in [0.25, 0.3) is 0 Å². The van der Waals surface area contributed by atoms with Crippen LogP contribution in [0.2, 0.25) is 0 Å². The van der Waals surface area contributed by atoms with E-state index in [0.29, 0.717) is 19.5 Å². The van der Waals surface area contributed by atoms with Gasteiger partial charge < -0.3 is 10.6 Å². The molecular formula is C15H22N4O3S. The summed E-state index contributed by atoms with van der Waals surface area (Å²) in [5, 5.41) is 8.41. The number of amides is 4. The zero-order valence-electron chi connectivity index (χ0n) is 13.4. The molecule has 1 aliphatic rings. The van der Waals surface area contributed by atoms with Crippen molar-refractivity contribution in [2.75, 3.05) is 13.1 Å². The molecule has 0 aromatic carbocycles. The number of rotatable bonds is 8. The molecule has 4 amide bonds. The first-order chi connectivity index (χ1) is 11.0. The van der Waals surface area contributed by atoms with E-state index in [0.717, 1.165) is 23.5 Å². The second kappa shape index (κ2) is 8.05. The van der Waals surface area contributed by atoms with E-state index in [1.54, 1.807) is 11.3 Å². The Bertz CT molecular complexity index is 587. The summed E-state index contributed by atoms with van der Waals surface area (Å²) < 4.78 is 0. The molecular weight excluding hydrogens is 316 g/mol. The number of urea groups is 1. The van der Waals surface area contributed by atoms with E-state index in [9.17, 15) is 14.4 Å². The molecule has 2 N–H and O–H groups in total. The lowest BCUT2D eigenvalue weighted by Gasteiger charge is -2.11. The molecule has 1 saturated heterocycles. The van der Waals surface area contributed by atoms with E-state index >= 15 is 0 Å². The van der Waals surface area contributed by atoms with Crippen LogP contribution in [0.5, 0.6) is 0 Å². The molecule has 0 unspecified atom stereocenters. The van der Waals surface area contributed by atoms with Gasteiger partial charge in [-0.05, 0) is 19.8 Å². The molecule has 8 heteroatoms. The third kappa shape index (κ3) is 4.75. The molecule has 1 aromatic rings. The molecule has 2 rings (SSSR count). The molecule has 7 nitrogen and oxygen atoms in total. The van der Waals surface area contributed by atoms with Crippen molar-refractivity contribution < 1.29 is 14.4 Å². The number of aryl methyl sites for hydroxylation is 2. The summed E-state index contributed by atoms with van der Waals surface area (Å²) in [6.07, 6.45) is 2.31. The summed E-state index contributed by atoms with van der Waals surface area (Å²) in [7, 11) is 0. The van der Waals surface area contributed by atoms with Crippen molar-refractivity contribution in [2.45, 2.75) is 45.6 Å². The van der Waals surface area contributed by atoms with Gasteiger partial charge >= 0.3 is 6.03 Å². The molecule has 0 aliphatic carbocycles. The fraction of sp³-hybridized carbons (Fsp3) is 0.600. The number of carbonyl (C=O) groups is 3. The molecule has 0 bridgehead atoms. The monoisotopic (exact) mass is 338 g/mol. The van der Waals surface area contributed by atoms with Crippen molar-refractivity contribution in [1.82, 2.24) is 20.5 Å². The third-order valence-corrected chi connectivity index (χ3v) is 4.53. The lowest BCUT2D eigenvalue weighted by atomic mass is 10.2. The van der Waals surface area contributed by atoms with Gasteiger partial charge in [-0.3, -0.25) is 14.5 Å². The Balaban J connectivity index is 1.68. The summed E-state index contributed by atoms with van der Waals surface area (Å²) in [6.45, 7) is 4.77. The highest BCUT2D eigenvalue weighted by atomic mass is 32.1. The molecule has 1 aliphatic heterocycles. The predicted molar refractivity (Wildman–Crippen MR) is 87.1 cm³/mol. The number of carbonyl (C=O) groups excluding carboxylic acids is 3. The van der Waals surface area contributed by atoms with E-state index < -0.39 is 12.1 Å². The number of hydrogen-bond acceptors (Lipinski definition) is 5. The van der Waals surface area contributed by atoms with Gasteiger partial charge in [0.25, 0.3) is 5.91 Å². The third-order valence-electron chi connectivity index (χ3n) is 3.50. The van der Waals surface area contributed by atoms with Gasteiger partial charge in [-0.15, -0.1) is 11.3 Å². The van der Waals surface area contributed by atoms with E-state index in [1.165, 1.54) is 4.90 Å². The highest BCUT2D eigenvalue weighted by molar-refractivity contribution is 7.09. The smallest absolute Gasteiger partial charge is 0.324 e. The number of aromatic nitrogens is 1. The summed E-state index contributed by atoms with van der Waals surface area (Å²) in [5.41, 5.74) is 1.01. The van der Waals surface area contributed by atoms with Gasteiger partial charge in [0.15, 0.2) is 0 Å². The Hall–Kier alpha value is -1.96. The maximum Gasteiger partial charge on any atom is 0.324 e. The number of hydrogen-bond donors (Lipinski definition) is 2. The van der Waals surface area contributed by atoms with E-state index in [1.807, 2.05) is 19.2 Å². The topological polar surface area (TPSA) is 91.4 Å². The van der Waals surface area contributed by atoms with Crippen molar-refractivity contribution in [3.8, 4) is 0 Å². The second-order valence-electron chi connectivity index (χ2n) is 5.53. The molecule has 0 radical (unpaired) electrons. The van der Waals surface area contributed by atoms with Crippen LogP contribution in [0.3, 0.4) is 0 Å². The van der Waals surface area contributed by atoms with Crippen LogP contribution in [0.15, 0.2) is 5.38 Å². The van der Waals surface area contributed by atoms with Crippen LogP contribution in [0.4, 0.5) is 4.79 Å². The summed E-state index contributed by atoms with van der Waals surface area (Å²) in [4.78, 5) is 41.1. The fourth-order valence-corrected chi connectivity index (χ4v) is 3.21. The molecule has 2 heterocycles. The minimum absolute atomic E-state index is 0.0128. The van der Waals surface area contributed by atoms with Gasteiger partial charge in [0.1, 0.15) is 6.04 Å². The van der Waals surface area contributed by atoms with Crippen molar-refractivity contribution in [2.24, 2.45) is 0 Å². The normalized spacial score (nSPS) is 17.5. The average molecular weight is 338 g/mol. The van der Waals surface area contributed by atoms with Crippen LogP contribution in [0.1, 0.15) is 36.9 Å². The zero-order valence-corrected chi connectivity index (χ0v) is 14.2. The van der Waals surface area contributed by atoms with Gasteiger partial charge in [-0.25, -0.2) is 9.78 Å². The standard InChI is InChI=1S/C15H22N4O3S/c1-3-7-19-14(21)11(18-15(19)22)8-12(20)16-6-4-5-13-17-10(2)9-23-13/h9,11H,3-8H2,1-2H3,(H,16,20)(H,18,22)/t11-/m1/s1. The van der Waals surface area contributed by atoms with Crippen LogP contribution in [-0.2, 0) is 16.0 Å². The van der Waals surface area contributed by atoms with Crippen molar-refractivity contribution in [3.63, 3.8) is 0 Å². The van der Waals surface area contributed by atoms with Gasteiger partial charge in [0, 0.05) is 30.6 Å². The van der Waals surface area contributed by atoms with Gasteiger partial charge in [-0.2, -0.15) is 0 Å². The van der Waals surface area contributed by atoms with Crippen molar-refractivity contribution >= 4 is 29.2 Å². The van der Waals surface area contributed by atoms with Gasteiger partial charge in [-0.1, -0.05) is 6.92 Å². The first-order valence-corrected chi connectivity index (χ1v) is 8.68. The maximum absolute atomic E-state index is 12.0. The van der Waals surface area contributed by atoms with Gasteiger partial charge in [0.05, 0.1) is 11.4 Å². The highest BCUT2D eigenvalue weighted by Crippen LogP contribution is 2.11. The molecule has 1 aromatic heterocycles. The average Bonchev–Trinajstić information content (AvgIpc) is 3.03. The van der Waals surface area contributed by atoms with Crippen LogP contribution < -0.4 is 10.6 Å². The van der Waals surface area contributed by atoms with E-state index in [2.05, 4.69) is 15.6 Å². The molecule has 126 valence electrons. The Morgan fingerprint density at radius 1 is 1.48 bits per heavy atom. The molecule has 1 fully saturated rings. The number of nitrogens with zero attached hydrogens (tertiary/aromatic N) is 2. The lowest BCUT2D eigenvalue weighted by Crippen LogP contribution is -2.37. The number of imide groups is 1. The first-order valence-electron chi connectivity index (χ1n) is 7.80. The van der Waals surface area contributed by atoms with E-state index in [-0.39, 0.29) is 18.2 Å². The minimum atomic E-state index is -0.740. The molecule has 23 heavy (non-hydrogen) atoms. The maximum atomic E-state index is 12.0. The first kappa shape index (κ1) is 17.4. The number of thiazole rings is 1. The molecule has 0 saturated carbocycles. The van der Waals surface area contributed by atoms with E-state index in [4.69, 9.17) is 0 Å². The Kier molecular flexibility index (Phi) is 6.09. The quantitative estimate of drug-likeness (QED) is 0.551. The Morgan fingerprint density at radius 3 is 2.91 bits per heavy atom. The summed E-state index contributed by atoms with van der Waals surface area (Å²) in [6, 6.07) is -1.15. The SMILES string of the molecule is CCCN1C(=O)N[C@H](CC(=O)NCCCc2nc(C)cs2)C1=O. The molecule has 1 atom stereocenters.